The van der Waals surface area contributed by atoms with Gasteiger partial charge in [0.25, 0.3) is 5.91 Å². The number of ether oxygens (including phenoxy) is 1. The Labute approximate surface area is 187 Å². The third-order valence-electron chi connectivity index (χ3n) is 6.45. The highest BCUT2D eigenvalue weighted by atomic mass is 16.5. The maximum absolute atomic E-state index is 13.7. The van der Waals surface area contributed by atoms with E-state index in [9.17, 15) is 4.79 Å². The van der Waals surface area contributed by atoms with E-state index in [0.717, 1.165) is 50.4 Å². The average Bonchev–Trinajstić information content (AvgIpc) is 3.39. The molecule has 0 radical (unpaired) electrons. The van der Waals surface area contributed by atoms with Crippen molar-refractivity contribution in [2.75, 3.05) is 52.9 Å². The minimum absolute atomic E-state index is 0.0276. The lowest BCUT2D eigenvalue weighted by molar-refractivity contribution is -0.0723. The van der Waals surface area contributed by atoms with Gasteiger partial charge in [-0.2, -0.15) is 10.2 Å². The SMILES string of the molecule is CN1CCCN(C[C@@H]2OCCN(C(=O)c3ccc4ncnn4c3)[C@H]2c2cnn(C)c2)CC1. The molecule has 5 rings (SSSR count). The zero-order chi connectivity index (χ0) is 22.1. The van der Waals surface area contributed by atoms with Gasteiger partial charge in [0.05, 0.1) is 30.5 Å². The number of carbonyl (C=O) groups is 1. The summed E-state index contributed by atoms with van der Waals surface area (Å²) in [6.45, 7) is 6.06. The van der Waals surface area contributed by atoms with Gasteiger partial charge in [0.1, 0.15) is 6.33 Å². The van der Waals surface area contributed by atoms with Crippen molar-refractivity contribution in [2.45, 2.75) is 18.6 Å². The summed E-state index contributed by atoms with van der Waals surface area (Å²) in [5.74, 6) is -0.0276. The predicted molar refractivity (Wildman–Crippen MR) is 118 cm³/mol. The van der Waals surface area contributed by atoms with Crippen LogP contribution in [0.25, 0.3) is 5.65 Å². The summed E-state index contributed by atoms with van der Waals surface area (Å²) in [6.07, 6.45) is 8.11. The fraction of sp³-hybridized carbons (Fsp3) is 0.545. The molecular weight excluding hydrogens is 408 g/mol. The molecule has 0 aromatic carbocycles. The van der Waals surface area contributed by atoms with Crippen LogP contribution in [0.1, 0.15) is 28.4 Å². The number of fused-ring (bicyclic) bond motifs is 1. The molecule has 32 heavy (non-hydrogen) atoms. The third-order valence-corrected chi connectivity index (χ3v) is 6.45. The molecule has 0 N–H and O–H groups in total. The number of likely N-dealkylation sites (N-methyl/N-ethyl adjacent to an activating group) is 1. The van der Waals surface area contributed by atoms with E-state index in [0.29, 0.717) is 18.7 Å². The Morgan fingerprint density at radius 3 is 2.84 bits per heavy atom. The van der Waals surface area contributed by atoms with Gasteiger partial charge in [0.2, 0.25) is 0 Å². The summed E-state index contributed by atoms with van der Waals surface area (Å²) in [5.41, 5.74) is 2.31. The van der Waals surface area contributed by atoms with Gasteiger partial charge in [0, 0.05) is 51.2 Å². The molecule has 10 nitrogen and oxygen atoms in total. The largest absolute Gasteiger partial charge is 0.373 e. The molecular formula is C22H30N8O2. The predicted octanol–water partition coefficient (Wildman–Crippen LogP) is 0.683. The zero-order valence-corrected chi connectivity index (χ0v) is 18.7. The van der Waals surface area contributed by atoms with Gasteiger partial charge in [-0.25, -0.2) is 9.50 Å². The van der Waals surface area contributed by atoms with Gasteiger partial charge >= 0.3 is 0 Å². The van der Waals surface area contributed by atoms with Crippen molar-refractivity contribution in [3.05, 3.63) is 48.2 Å². The van der Waals surface area contributed by atoms with E-state index < -0.39 is 0 Å². The van der Waals surface area contributed by atoms with Gasteiger partial charge in [-0.1, -0.05) is 0 Å². The van der Waals surface area contributed by atoms with Crippen LogP contribution in [0.2, 0.25) is 0 Å². The molecule has 3 aromatic heterocycles. The first-order valence-corrected chi connectivity index (χ1v) is 11.2. The Kier molecular flexibility index (Phi) is 5.90. The van der Waals surface area contributed by atoms with E-state index in [1.165, 1.54) is 6.33 Å². The van der Waals surface area contributed by atoms with Gasteiger partial charge in [-0.3, -0.25) is 14.4 Å². The van der Waals surface area contributed by atoms with E-state index in [-0.39, 0.29) is 18.1 Å². The Balaban J connectivity index is 1.43. The molecule has 0 saturated carbocycles. The molecule has 3 aromatic rings. The number of hydrogen-bond acceptors (Lipinski definition) is 7. The number of hydrogen-bond donors (Lipinski definition) is 0. The molecule has 0 bridgehead atoms. The average molecular weight is 439 g/mol. The standard InChI is InChI=1S/C22H30N8O2/c1-26-6-3-7-28(9-8-26)15-19-21(18-12-24-27(2)13-18)29(10-11-32-19)22(31)17-4-5-20-23-16-25-30(20)14-17/h4-5,12-14,16,19,21H,3,6-11,15H2,1-2H3/t19-,21-/m0/s1. The molecule has 2 aliphatic rings. The number of pyridine rings is 1. The zero-order valence-electron chi connectivity index (χ0n) is 18.7. The molecule has 2 atom stereocenters. The molecule has 5 heterocycles. The number of carbonyl (C=O) groups excluding carboxylic acids is 1. The second-order valence-electron chi connectivity index (χ2n) is 8.74. The first-order valence-electron chi connectivity index (χ1n) is 11.2. The maximum Gasteiger partial charge on any atom is 0.256 e. The fourth-order valence-corrected chi connectivity index (χ4v) is 4.75. The summed E-state index contributed by atoms with van der Waals surface area (Å²) >= 11 is 0. The van der Waals surface area contributed by atoms with Gasteiger partial charge in [-0.05, 0) is 38.7 Å². The molecule has 2 saturated heterocycles. The van der Waals surface area contributed by atoms with Crippen LogP contribution < -0.4 is 0 Å². The van der Waals surface area contributed by atoms with Crippen LogP contribution in [0.5, 0.6) is 0 Å². The second-order valence-corrected chi connectivity index (χ2v) is 8.74. The van der Waals surface area contributed by atoms with Crippen molar-refractivity contribution in [1.82, 2.24) is 39.1 Å². The maximum atomic E-state index is 13.7. The van der Waals surface area contributed by atoms with E-state index in [1.54, 1.807) is 15.4 Å². The Bertz CT molecular complexity index is 1080. The van der Waals surface area contributed by atoms with Gasteiger partial charge < -0.3 is 14.5 Å². The highest BCUT2D eigenvalue weighted by Crippen LogP contribution is 2.31. The molecule has 2 fully saturated rings. The Hall–Kier alpha value is -2.82. The monoisotopic (exact) mass is 438 g/mol. The number of morpholine rings is 1. The fourth-order valence-electron chi connectivity index (χ4n) is 4.75. The van der Waals surface area contributed by atoms with Gasteiger partial charge in [-0.15, -0.1) is 0 Å². The van der Waals surface area contributed by atoms with Crippen LogP contribution in [-0.4, -0.2) is 104 Å². The number of nitrogens with zero attached hydrogens (tertiary/aromatic N) is 8. The normalized spacial score (nSPS) is 23.5. The quantitative estimate of drug-likeness (QED) is 0.592. The Morgan fingerprint density at radius 2 is 2.00 bits per heavy atom. The van der Waals surface area contributed by atoms with Crippen LogP contribution in [0, 0.1) is 0 Å². The molecule has 0 spiro atoms. The first kappa shape index (κ1) is 21.0. The van der Waals surface area contributed by atoms with Crippen LogP contribution in [0.4, 0.5) is 0 Å². The minimum Gasteiger partial charge on any atom is -0.373 e. The minimum atomic E-state index is -0.197. The van der Waals surface area contributed by atoms with Crippen molar-refractivity contribution in [3.63, 3.8) is 0 Å². The molecule has 0 unspecified atom stereocenters. The highest BCUT2D eigenvalue weighted by molar-refractivity contribution is 5.94. The van der Waals surface area contributed by atoms with E-state index >= 15 is 0 Å². The van der Waals surface area contributed by atoms with E-state index in [2.05, 4.69) is 32.0 Å². The topological polar surface area (TPSA) is 84.0 Å². The van der Waals surface area contributed by atoms with E-state index in [1.807, 2.05) is 36.5 Å². The molecule has 10 heteroatoms. The van der Waals surface area contributed by atoms with Crippen molar-refractivity contribution in [3.8, 4) is 0 Å². The van der Waals surface area contributed by atoms with Crippen molar-refractivity contribution in [1.29, 1.82) is 0 Å². The number of aryl methyl sites for hydroxylation is 1. The number of rotatable bonds is 4. The molecule has 2 aliphatic heterocycles. The number of amides is 1. The molecule has 170 valence electrons. The van der Waals surface area contributed by atoms with Crippen molar-refractivity contribution < 1.29 is 9.53 Å². The lowest BCUT2D eigenvalue weighted by Gasteiger charge is -2.42. The van der Waals surface area contributed by atoms with Crippen LogP contribution in [0.3, 0.4) is 0 Å². The van der Waals surface area contributed by atoms with Crippen LogP contribution in [0.15, 0.2) is 37.1 Å². The van der Waals surface area contributed by atoms with E-state index in [4.69, 9.17) is 4.74 Å². The van der Waals surface area contributed by atoms with Crippen molar-refractivity contribution >= 4 is 11.6 Å². The third kappa shape index (κ3) is 4.25. The highest BCUT2D eigenvalue weighted by Gasteiger charge is 2.38. The number of aromatic nitrogens is 5. The first-order chi connectivity index (χ1) is 15.6. The summed E-state index contributed by atoms with van der Waals surface area (Å²) in [4.78, 5) is 24.6. The molecule has 0 aliphatic carbocycles. The lowest BCUT2D eigenvalue weighted by Crippen LogP contribution is -2.52. The van der Waals surface area contributed by atoms with Gasteiger partial charge in [0.15, 0.2) is 5.65 Å². The second kappa shape index (κ2) is 8.97. The summed E-state index contributed by atoms with van der Waals surface area (Å²) in [7, 11) is 4.07. The molecule has 1 amide bonds. The smallest absolute Gasteiger partial charge is 0.256 e. The van der Waals surface area contributed by atoms with Crippen molar-refractivity contribution in [2.24, 2.45) is 7.05 Å². The summed E-state index contributed by atoms with van der Waals surface area (Å²) in [6, 6.07) is 3.45. The van der Waals surface area contributed by atoms with Crippen LogP contribution in [-0.2, 0) is 11.8 Å². The van der Waals surface area contributed by atoms with Crippen LogP contribution >= 0.6 is 0 Å². The lowest BCUT2D eigenvalue weighted by atomic mass is 9.99. The summed E-state index contributed by atoms with van der Waals surface area (Å²) < 4.78 is 9.71. The Morgan fingerprint density at radius 1 is 1.09 bits per heavy atom. The summed E-state index contributed by atoms with van der Waals surface area (Å²) in [5, 5.41) is 8.56.